The Morgan fingerprint density at radius 3 is 2.62 bits per heavy atom. The van der Waals surface area contributed by atoms with E-state index in [4.69, 9.17) is 0 Å². The standard InChI is InChI=1S/C19H31NO/c1-18-11-4-3-5-13(18)6-7-14-15-8-9-17(20-21)19(15,2)12-10-16(14)18/h13-16,21H,3-12H2,1-2H3/b20-17-/t13-,14-,15+,16-,18-,19+/m1/s1. The van der Waals surface area contributed by atoms with Gasteiger partial charge in [-0.05, 0) is 80.5 Å². The summed E-state index contributed by atoms with van der Waals surface area (Å²) in [5.41, 5.74) is 1.96. The Morgan fingerprint density at radius 2 is 1.81 bits per heavy atom. The molecule has 0 aliphatic heterocycles. The molecule has 0 amide bonds. The first kappa shape index (κ1) is 14.1. The molecule has 0 bridgehead atoms. The molecule has 4 rings (SSSR count). The maximum atomic E-state index is 9.39. The van der Waals surface area contributed by atoms with Gasteiger partial charge in [0.1, 0.15) is 0 Å². The zero-order chi connectivity index (χ0) is 14.7. The summed E-state index contributed by atoms with van der Waals surface area (Å²) in [6, 6.07) is 0. The molecule has 6 atom stereocenters. The number of fused-ring (bicyclic) bond motifs is 5. The molecule has 4 saturated carbocycles. The van der Waals surface area contributed by atoms with Crippen molar-refractivity contribution in [1.29, 1.82) is 0 Å². The zero-order valence-electron chi connectivity index (χ0n) is 13.8. The zero-order valence-corrected chi connectivity index (χ0v) is 13.8. The average molecular weight is 289 g/mol. The van der Waals surface area contributed by atoms with Gasteiger partial charge in [0.25, 0.3) is 0 Å². The minimum atomic E-state index is 0.216. The van der Waals surface area contributed by atoms with Crippen LogP contribution in [-0.4, -0.2) is 10.9 Å². The van der Waals surface area contributed by atoms with Crippen molar-refractivity contribution in [2.24, 2.45) is 39.7 Å². The van der Waals surface area contributed by atoms with E-state index in [0.717, 1.165) is 35.8 Å². The van der Waals surface area contributed by atoms with E-state index < -0.39 is 0 Å². The summed E-state index contributed by atoms with van der Waals surface area (Å²) in [6.45, 7) is 5.03. The molecular weight excluding hydrogens is 258 g/mol. The number of oxime groups is 1. The molecule has 0 unspecified atom stereocenters. The van der Waals surface area contributed by atoms with Crippen LogP contribution in [0.15, 0.2) is 5.16 Å². The second-order valence-corrected chi connectivity index (χ2v) is 8.94. The SMILES string of the molecule is C[C@@]12CCCC[C@@H]1CC[C@H]1[C@H]2CC[C@]2(C)/C(=N\O)CC[C@@H]12. The highest BCUT2D eigenvalue weighted by atomic mass is 16.4. The average Bonchev–Trinajstić information content (AvgIpc) is 2.83. The summed E-state index contributed by atoms with van der Waals surface area (Å²) in [6.07, 6.45) is 13.8. The topological polar surface area (TPSA) is 32.6 Å². The molecule has 4 aliphatic rings. The molecule has 0 heterocycles. The van der Waals surface area contributed by atoms with E-state index in [9.17, 15) is 5.21 Å². The first-order valence-corrected chi connectivity index (χ1v) is 9.31. The second kappa shape index (κ2) is 4.73. The number of nitrogens with zero attached hydrogens (tertiary/aromatic N) is 1. The van der Waals surface area contributed by atoms with Crippen molar-refractivity contribution < 1.29 is 5.21 Å². The Bertz CT molecular complexity index is 458. The van der Waals surface area contributed by atoms with Crippen LogP contribution in [0.25, 0.3) is 0 Å². The van der Waals surface area contributed by atoms with E-state index in [1.54, 1.807) is 0 Å². The Kier molecular flexibility index (Phi) is 3.17. The normalized spacial score (nSPS) is 54.9. The molecule has 118 valence electrons. The van der Waals surface area contributed by atoms with Crippen LogP contribution >= 0.6 is 0 Å². The van der Waals surface area contributed by atoms with Crippen LogP contribution in [-0.2, 0) is 0 Å². The van der Waals surface area contributed by atoms with Gasteiger partial charge in [0.05, 0.1) is 5.71 Å². The van der Waals surface area contributed by atoms with Crippen molar-refractivity contribution in [3.05, 3.63) is 0 Å². The van der Waals surface area contributed by atoms with Crippen molar-refractivity contribution in [1.82, 2.24) is 0 Å². The lowest BCUT2D eigenvalue weighted by molar-refractivity contribution is -0.0938. The van der Waals surface area contributed by atoms with E-state index in [1.807, 2.05) is 0 Å². The third-order valence-corrected chi connectivity index (χ3v) is 8.44. The van der Waals surface area contributed by atoms with E-state index >= 15 is 0 Å². The summed E-state index contributed by atoms with van der Waals surface area (Å²) < 4.78 is 0. The predicted molar refractivity (Wildman–Crippen MR) is 85.6 cm³/mol. The van der Waals surface area contributed by atoms with Crippen LogP contribution in [0, 0.1) is 34.5 Å². The quantitative estimate of drug-likeness (QED) is 0.479. The number of hydrogen-bond acceptors (Lipinski definition) is 2. The Labute approximate surface area is 129 Å². The van der Waals surface area contributed by atoms with Crippen LogP contribution in [0.2, 0.25) is 0 Å². The van der Waals surface area contributed by atoms with Gasteiger partial charge in [-0.1, -0.05) is 31.8 Å². The molecule has 2 heteroatoms. The Balaban J connectivity index is 1.66. The van der Waals surface area contributed by atoms with Crippen molar-refractivity contribution in [3.63, 3.8) is 0 Å². The van der Waals surface area contributed by atoms with Gasteiger partial charge in [-0.3, -0.25) is 0 Å². The summed E-state index contributed by atoms with van der Waals surface area (Å²) in [4.78, 5) is 0. The van der Waals surface area contributed by atoms with Crippen molar-refractivity contribution in [2.45, 2.75) is 78.1 Å². The van der Waals surface area contributed by atoms with E-state index in [1.165, 1.54) is 57.8 Å². The van der Waals surface area contributed by atoms with Crippen molar-refractivity contribution in [3.8, 4) is 0 Å². The molecule has 21 heavy (non-hydrogen) atoms. The molecule has 2 nitrogen and oxygen atoms in total. The maximum Gasteiger partial charge on any atom is 0.0632 e. The molecule has 0 saturated heterocycles. The molecule has 0 radical (unpaired) electrons. The predicted octanol–water partition coefficient (Wildman–Crippen LogP) is 5.25. The number of hydrogen-bond donors (Lipinski definition) is 1. The smallest absolute Gasteiger partial charge is 0.0632 e. The van der Waals surface area contributed by atoms with Gasteiger partial charge in [-0.2, -0.15) is 0 Å². The molecular formula is C19H31NO. The monoisotopic (exact) mass is 289 g/mol. The van der Waals surface area contributed by atoms with Crippen LogP contribution in [0.4, 0.5) is 0 Å². The second-order valence-electron chi connectivity index (χ2n) is 8.94. The fourth-order valence-corrected chi connectivity index (χ4v) is 7.25. The van der Waals surface area contributed by atoms with Gasteiger partial charge >= 0.3 is 0 Å². The van der Waals surface area contributed by atoms with Crippen molar-refractivity contribution in [2.75, 3.05) is 0 Å². The number of rotatable bonds is 0. The van der Waals surface area contributed by atoms with E-state index in [2.05, 4.69) is 19.0 Å². The highest BCUT2D eigenvalue weighted by molar-refractivity contribution is 5.91. The highest BCUT2D eigenvalue weighted by Gasteiger charge is 2.59. The summed E-state index contributed by atoms with van der Waals surface area (Å²) in [5.74, 6) is 3.65. The summed E-state index contributed by atoms with van der Waals surface area (Å²) >= 11 is 0. The van der Waals surface area contributed by atoms with Gasteiger partial charge < -0.3 is 5.21 Å². The lowest BCUT2D eigenvalue weighted by Gasteiger charge is -2.59. The molecule has 0 aromatic rings. The summed E-state index contributed by atoms with van der Waals surface area (Å²) in [5, 5.41) is 13.1. The third-order valence-electron chi connectivity index (χ3n) is 8.44. The Hall–Kier alpha value is -0.530. The third kappa shape index (κ3) is 1.80. The van der Waals surface area contributed by atoms with Crippen LogP contribution in [0.3, 0.4) is 0 Å². The van der Waals surface area contributed by atoms with Gasteiger partial charge in [-0.15, -0.1) is 0 Å². The van der Waals surface area contributed by atoms with E-state index in [-0.39, 0.29) is 5.41 Å². The fourth-order valence-electron chi connectivity index (χ4n) is 7.25. The first-order valence-electron chi connectivity index (χ1n) is 9.31. The minimum absolute atomic E-state index is 0.216. The van der Waals surface area contributed by atoms with Crippen LogP contribution in [0.1, 0.15) is 78.1 Å². The lowest BCUT2D eigenvalue weighted by atomic mass is 9.45. The summed E-state index contributed by atoms with van der Waals surface area (Å²) in [7, 11) is 0. The van der Waals surface area contributed by atoms with Gasteiger partial charge in [-0.25, -0.2) is 0 Å². The molecule has 1 N–H and O–H groups in total. The van der Waals surface area contributed by atoms with Crippen LogP contribution < -0.4 is 0 Å². The maximum absolute atomic E-state index is 9.39. The fraction of sp³-hybridized carbons (Fsp3) is 0.947. The van der Waals surface area contributed by atoms with Crippen molar-refractivity contribution >= 4 is 5.71 Å². The molecule has 4 aliphatic carbocycles. The van der Waals surface area contributed by atoms with Gasteiger partial charge in [0.2, 0.25) is 0 Å². The largest absolute Gasteiger partial charge is 0.411 e. The van der Waals surface area contributed by atoms with Gasteiger partial charge in [0, 0.05) is 5.41 Å². The highest BCUT2D eigenvalue weighted by Crippen LogP contribution is 2.65. The molecule has 0 aromatic carbocycles. The lowest BCUT2D eigenvalue weighted by Crippen LogP contribution is -2.52. The molecule has 4 fully saturated rings. The minimum Gasteiger partial charge on any atom is -0.411 e. The van der Waals surface area contributed by atoms with Gasteiger partial charge in [0.15, 0.2) is 0 Å². The van der Waals surface area contributed by atoms with E-state index in [0.29, 0.717) is 5.41 Å². The van der Waals surface area contributed by atoms with Crippen LogP contribution in [0.5, 0.6) is 0 Å². The molecule has 0 spiro atoms. The first-order chi connectivity index (χ1) is 10.1. The Morgan fingerprint density at radius 1 is 0.952 bits per heavy atom. The molecule has 0 aromatic heterocycles.